The number of halogens is 1. The van der Waals surface area contributed by atoms with E-state index in [1.54, 1.807) is 32.2 Å². The number of pyridine rings is 1. The van der Waals surface area contributed by atoms with Crippen LogP contribution in [-0.2, 0) is 9.59 Å². The van der Waals surface area contributed by atoms with Crippen LogP contribution in [0.2, 0.25) is 5.02 Å². The van der Waals surface area contributed by atoms with Gasteiger partial charge in [-0.1, -0.05) is 24.2 Å². The van der Waals surface area contributed by atoms with Crippen LogP contribution in [-0.4, -0.2) is 65.0 Å². The number of amides is 2. The highest BCUT2D eigenvalue weighted by Crippen LogP contribution is 2.34. The quantitative estimate of drug-likeness (QED) is 0.379. The van der Waals surface area contributed by atoms with Gasteiger partial charge in [-0.05, 0) is 30.3 Å². The van der Waals surface area contributed by atoms with E-state index in [2.05, 4.69) is 42.4 Å². The average Bonchev–Trinajstić information content (AvgIpc) is 2.91. The molecule has 2 aromatic heterocycles. The summed E-state index contributed by atoms with van der Waals surface area (Å²) in [4.78, 5) is 40.2. The van der Waals surface area contributed by atoms with Crippen LogP contribution in [0.4, 0.5) is 34.8 Å². The molecule has 1 saturated heterocycles. The lowest BCUT2D eigenvalue weighted by Gasteiger charge is -2.35. The van der Waals surface area contributed by atoms with Gasteiger partial charge in [-0.15, -0.1) is 0 Å². The minimum Gasteiger partial charge on any atom is -0.494 e. The molecule has 1 aliphatic rings. The van der Waals surface area contributed by atoms with Crippen LogP contribution in [0.1, 0.15) is 6.92 Å². The number of hydrogen-bond donors (Lipinski definition) is 3. The summed E-state index contributed by atoms with van der Waals surface area (Å²) in [5.74, 6) is 1.76. The first-order valence-corrected chi connectivity index (χ1v) is 11.9. The standard InChI is InChI=1S/C25H27ClN8O3/c1-4-23(36)30-21-6-5-7-22(29-21)31-25-27-15-18(26)24(32-25)28-19-9-8-17(14-20(19)37-3)34-12-10-33(11-13-34)16(2)35/h4-9,14-15H,1,10-13H2,2-3H3,(H3,27,28,29,30,31,32,36). The molecule has 37 heavy (non-hydrogen) atoms. The summed E-state index contributed by atoms with van der Waals surface area (Å²) in [5.41, 5.74) is 1.67. The highest BCUT2D eigenvalue weighted by Gasteiger charge is 2.20. The molecule has 3 aromatic rings. The predicted octanol–water partition coefficient (Wildman–Crippen LogP) is 3.81. The summed E-state index contributed by atoms with van der Waals surface area (Å²) in [6, 6.07) is 10.9. The minimum absolute atomic E-state index is 0.0929. The van der Waals surface area contributed by atoms with Crippen molar-refractivity contribution < 1.29 is 14.3 Å². The second-order valence-corrected chi connectivity index (χ2v) is 8.53. The first-order chi connectivity index (χ1) is 17.9. The molecule has 3 heterocycles. The van der Waals surface area contributed by atoms with Gasteiger partial charge in [-0.3, -0.25) is 9.59 Å². The van der Waals surface area contributed by atoms with Crippen LogP contribution in [0.3, 0.4) is 0 Å². The van der Waals surface area contributed by atoms with Crippen LogP contribution in [0.5, 0.6) is 5.75 Å². The zero-order valence-electron chi connectivity index (χ0n) is 20.5. The Morgan fingerprint density at radius 2 is 1.84 bits per heavy atom. The van der Waals surface area contributed by atoms with E-state index in [1.165, 1.54) is 6.20 Å². The number of rotatable bonds is 8. The third kappa shape index (κ3) is 6.44. The van der Waals surface area contributed by atoms with Crippen molar-refractivity contribution in [1.29, 1.82) is 0 Å². The Kier molecular flexibility index (Phi) is 8.04. The van der Waals surface area contributed by atoms with E-state index in [4.69, 9.17) is 16.3 Å². The van der Waals surface area contributed by atoms with Crippen LogP contribution >= 0.6 is 11.6 Å². The van der Waals surface area contributed by atoms with Gasteiger partial charge in [-0.25, -0.2) is 9.97 Å². The largest absolute Gasteiger partial charge is 0.494 e. The molecule has 1 fully saturated rings. The van der Waals surface area contributed by atoms with Gasteiger partial charge in [0.25, 0.3) is 0 Å². The number of methoxy groups -OCH3 is 1. The molecular formula is C25H27ClN8O3. The number of benzene rings is 1. The smallest absolute Gasteiger partial charge is 0.248 e. The number of piperazine rings is 1. The van der Waals surface area contributed by atoms with Gasteiger partial charge in [0.15, 0.2) is 5.82 Å². The van der Waals surface area contributed by atoms with Crippen molar-refractivity contribution in [2.75, 3.05) is 54.1 Å². The molecule has 4 rings (SSSR count). The molecular weight excluding hydrogens is 496 g/mol. The fourth-order valence-electron chi connectivity index (χ4n) is 3.77. The predicted molar refractivity (Wildman–Crippen MR) is 144 cm³/mol. The topological polar surface area (TPSA) is 125 Å². The molecule has 1 aromatic carbocycles. The monoisotopic (exact) mass is 522 g/mol. The van der Waals surface area contributed by atoms with Gasteiger partial charge >= 0.3 is 0 Å². The normalized spacial score (nSPS) is 13.1. The van der Waals surface area contributed by atoms with Crippen molar-refractivity contribution in [3.63, 3.8) is 0 Å². The van der Waals surface area contributed by atoms with Gasteiger partial charge in [0.1, 0.15) is 22.4 Å². The molecule has 0 saturated carbocycles. The van der Waals surface area contributed by atoms with Crippen LogP contribution in [0, 0.1) is 0 Å². The Labute approximate surface area is 219 Å². The third-order valence-electron chi connectivity index (χ3n) is 5.70. The Hall–Kier alpha value is -4.38. The summed E-state index contributed by atoms with van der Waals surface area (Å²) in [5, 5.41) is 9.13. The lowest BCUT2D eigenvalue weighted by molar-refractivity contribution is -0.129. The molecule has 0 bridgehead atoms. The van der Waals surface area contributed by atoms with Gasteiger partial charge < -0.3 is 30.5 Å². The molecule has 12 heteroatoms. The van der Waals surface area contributed by atoms with Crippen LogP contribution in [0.15, 0.2) is 55.3 Å². The number of carbonyl (C=O) groups is 2. The summed E-state index contributed by atoms with van der Waals surface area (Å²) < 4.78 is 5.62. The molecule has 0 aliphatic carbocycles. The number of hydrogen-bond acceptors (Lipinski definition) is 9. The highest BCUT2D eigenvalue weighted by molar-refractivity contribution is 6.33. The second kappa shape index (κ2) is 11.6. The summed E-state index contributed by atoms with van der Waals surface area (Å²) in [6.45, 7) is 7.88. The van der Waals surface area contributed by atoms with Gasteiger partial charge in [0.05, 0.1) is 19.0 Å². The van der Waals surface area contributed by atoms with E-state index in [-0.39, 0.29) is 17.8 Å². The van der Waals surface area contributed by atoms with Gasteiger partial charge in [-0.2, -0.15) is 4.98 Å². The molecule has 1 aliphatic heterocycles. The molecule has 11 nitrogen and oxygen atoms in total. The van der Waals surface area contributed by atoms with E-state index in [0.717, 1.165) is 24.9 Å². The third-order valence-corrected chi connectivity index (χ3v) is 5.97. The number of nitrogens with one attached hydrogen (secondary N) is 3. The van der Waals surface area contributed by atoms with Crippen LogP contribution in [0.25, 0.3) is 0 Å². The Balaban J connectivity index is 1.49. The number of ether oxygens (including phenoxy) is 1. The zero-order chi connectivity index (χ0) is 26.4. The van der Waals surface area contributed by atoms with E-state index >= 15 is 0 Å². The second-order valence-electron chi connectivity index (χ2n) is 8.12. The van der Waals surface area contributed by atoms with Crippen molar-refractivity contribution in [2.24, 2.45) is 0 Å². The van der Waals surface area contributed by atoms with E-state index < -0.39 is 0 Å². The van der Waals surface area contributed by atoms with Crippen molar-refractivity contribution in [3.8, 4) is 5.75 Å². The molecule has 3 N–H and O–H groups in total. The maximum Gasteiger partial charge on any atom is 0.248 e. The molecule has 0 unspecified atom stereocenters. The highest BCUT2D eigenvalue weighted by atomic mass is 35.5. The first kappa shape index (κ1) is 25.7. The van der Waals surface area contributed by atoms with E-state index in [1.807, 2.05) is 23.1 Å². The van der Waals surface area contributed by atoms with E-state index in [0.29, 0.717) is 47.0 Å². The molecule has 0 radical (unpaired) electrons. The van der Waals surface area contributed by atoms with Crippen molar-refractivity contribution >= 4 is 58.2 Å². The van der Waals surface area contributed by atoms with Crippen LogP contribution < -0.4 is 25.6 Å². The Bertz CT molecular complexity index is 1310. The lowest BCUT2D eigenvalue weighted by Crippen LogP contribution is -2.48. The van der Waals surface area contributed by atoms with Crippen molar-refractivity contribution in [1.82, 2.24) is 19.9 Å². The first-order valence-electron chi connectivity index (χ1n) is 11.5. The van der Waals surface area contributed by atoms with Gasteiger partial charge in [0.2, 0.25) is 17.8 Å². The minimum atomic E-state index is -0.364. The lowest BCUT2D eigenvalue weighted by atomic mass is 10.2. The fraction of sp³-hybridized carbons (Fsp3) is 0.240. The number of aromatic nitrogens is 3. The molecule has 0 spiro atoms. The van der Waals surface area contributed by atoms with Crippen molar-refractivity contribution in [3.05, 3.63) is 60.3 Å². The van der Waals surface area contributed by atoms with Crippen molar-refractivity contribution in [2.45, 2.75) is 6.92 Å². The van der Waals surface area contributed by atoms with E-state index in [9.17, 15) is 9.59 Å². The average molecular weight is 523 g/mol. The Morgan fingerprint density at radius 1 is 1.08 bits per heavy atom. The number of anilines is 6. The molecule has 192 valence electrons. The fourth-order valence-corrected chi connectivity index (χ4v) is 3.91. The van der Waals surface area contributed by atoms with Gasteiger partial charge in [0, 0.05) is 44.9 Å². The number of nitrogens with zero attached hydrogens (tertiary/aromatic N) is 5. The summed E-state index contributed by atoms with van der Waals surface area (Å²) >= 11 is 6.37. The Morgan fingerprint density at radius 3 is 2.54 bits per heavy atom. The maximum atomic E-state index is 11.6. The SMILES string of the molecule is C=CC(=O)Nc1cccc(Nc2ncc(Cl)c(Nc3ccc(N4CCN(C(C)=O)CC4)cc3OC)n2)n1. The number of carbonyl (C=O) groups excluding carboxylic acids is 2. The zero-order valence-corrected chi connectivity index (χ0v) is 21.2. The summed E-state index contributed by atoms with van der Waals surface area (Å²) in [6.07, 6.45) is 2.63. The molecule has 0 atom stereocenters. The molecule has 2 amide bonds. The summed E-state index contributed by atoms with van der Waals surface area (Å²) in [7, 11) is 1.59. The maximum absolute atomic E-state index is 11.6.